The lowest BCUT2D eigenvalue weighted by atomic mass is 9.99. The van der Waals surface area contributed by atoms with Crippen LogP contribution in [-0.2, 0) is 0 Å². The maximum Gasteiger partial charge on any atom is 0.145 e. The first-order valence-electron chi connectivity index (χ1n) is 17.4. The number of fused-ring (bicyclic) bond motifs is 16. The van der Waals surface area contributed by atoms with Gasteiger partial charge in [-0.1, -0.05) is 0 Å². The van der Waals surface area contributed by atoms with Crippen LogP contribution in [0, 0.1) is 45.3 Å². The SMILES string of the molecule is N#Cc1cnc2c(c1)c1cc(C#N)cc3c4c5nc(-c6ccncc6)c(-c6ccncc6)nc5c5c6cc(C#N)cc7c8cc(C#N)cnc8n(c76)c5c4n2c13. The zero-order valence-electron chi connectivity index (χ0n) is 28.6. The molecule has 0 spiro atoms. The molecule has 0 N–H and O–H groups in total. The van der Waals surface area contributed by atoms with Crippen molar-refractivity contribution in [3.8, 4) is 46.8 Å². The Labute approximate surface area is 313 Å². The number of aromatic nitrogens is 8. The second-order valence-electron chi connectivity index (χ2n) is 13.7. The molecule has 0 atom stereocenters. The van der Waals surface area contributed by atoms with Crippen molar-refractivity contribution in [3.05, 3.63) is 120 Å². The van der Waals surface area contributed by atoms with Crippen LogP contribution in [0.3, 0.4) is 0 Å². The van der Waals surface area contributed by atoms with E-state index in [1.54, 1.807) is 37.2 Å². The summed E-state index contributed by atoms with van der Waals surface area (Å²) >= 11 is 0. The van der Waals surface area contributed by atoms with E-state index in [1.807, 2.05) is 60.7 Å². The van der Waals surface area contributed by atoms with E-state index in [9.17, 15) is 21.0 Å². The minimum absolute atomic E-state index is 0.397. The van der Waals surface area contributed by atoms with Gasteiger partial charge in [0.15, 0.2) is 0 Å². The summed E-state index contributed by atoms with van der Waals surface area (Å²) in [5, 5.41) is 46.6. The van der Waals surface area contributed by atoms with Crippen molar-refractivity contribution in [2.75, 3.05) is 0 Å². The van der Waals surface area contributed by atoms with Crippen LogP contribution in [0.15, 0.2) is 97.8 Å². The van der Waals surface area contributed by atoms with E-state index >= 15 is 0 Å². The normalized spacial score (nSPS) is 11.9. The van der Waals surface area contributed by atoms with Gasteiger partial charge >= 0.3 is 0 Å². The molecule has 0 fully saturated rings. The molecule has 9 heterocycles. The number of nitrogens with zero attached hydrogens (tertiary/aromatic N) is 12. The molecular formula is C44H16N12. The Hall–Kier alpha value is -8.84. The van der Waals surface area contributed by atoms with E-state index < -0.39 is 0 Å². The molecule has 0 aliphatic rings. The van der Waals surface area contributed by atoms with Crippen LogP contribution in [0.1, 0.15) is 22.3 Å². The average Bonchev–Trinajstić information content (AvgIpc) is 3.99. The molecule has 12 aromatic rings. The monoisotopic (exact) mass is 712 g/mol. The summed E-state index contributed by atoms with van der Waals surface area (Å²) in [6, 6.07) is 27.8. The molecule has 0 amide bonds. The highest BCUT2D eigenvalue weighted by atomic mass is 15.0. The predicted molar refractivity (Wildman–Crippen MR) is 210 cm³/mol. The highest BCUT2D eigenvalue weighted by Gasteiger charge is 2.31. The summed E-state index contributed by atoms with van der Waals surface area (Å²) in [5.41, 5.74) is 10.1. The molecule has 3 aromatic carbocycles. The van der Waals surface area contributed by atoms with E-state index in [0.29, 0.717) is 56.0 Å². The van der Waals surface area contributed by atoms with E-state index in [2.05, 4.69) is 43.0 Å². The number of pyridine rings is 4. The first-order valence-corrected chi connectivity index (χ1v) is 17.4. The van der Waals surface area contributed by atoms with Crippen LogP contribution in [0.4, 0.5) is 0 Å². The van der Waals surface area contributed by atoms with Crippen LogP contribution in [0.2, 0.25) is 0 Å². The first kappa shape index (κ1) is 29.7. The van der Waals surface area contributed by atoms with E-state index in [4.69, 9.17) is 19.9 Å². The van der Waals surface area contributed by atoms with Crippen molar-refractivity contribution < 1.29 is 0 Å². The van der Waals surface area contributed by atoms with Crippen molar-refractivity contribution in [1.29, 1.82) is 21.0 Å². The van der Waals surface area contributed by atoms with Crippen molar-refractivity contribution in [3.63, 3.8) is 0 Å². The van der Waals surface area contributed by atoms with E-state index in [-0.39, 0.29) is 0 Å². The van der Waals surface area contributed by atoms with Gasteiger partial charge in [-0.15, -0.1) is 0 Å². The van der Waals surface area contributed by atoms with Crippen molar-refractivity contribution in [2.45, 2.75) is 0 Å². The fourth-order valence-corrected chi connectivity index (χ4v) is 8.72. The van der Waals surface area contributed by atoms with Crippen LogP contribution < -0.4 is 0 Å². The first-order chi connectivity index (χ1) is 27.6. The number of hydrogen-bond donors (Lipinski definition) is 0. The lowest BCUT2D eigenvalue weighted by Gasteiger charge is -2.13. The third-order valence-electron chi connectivity index (χ3n) is 10.9. The van der Waals surface area contributed by atoms with Crippen molar-refractivity contribution in [1.82, 2.24) is 38.7 Å². The molecule has 0 radical (unpaired) electrons. The van der Waals surface area contributed by atoms with Crippen molar-refractivity contribution in [2.24, 2.45) is 0 Å². The Bertz CT molecular complexity index is 3650. The van der Waals surface area contributed by atoms with Gasteiger partial charge in [-0.05, 0) is 60.7 Å². The minimum Gasteiger partial charge on any atom is -0.290 e. The van der Waals surface area contributed by atoms with E-state index in [0.717, 1.165) is 76.3 Å². The maximum atomic E-state index is 10.4. The Morgan fingerprint density at radius 1 is 0.429 bits per heavy atom. The molecule has 0 aliphatic heterocycles. The van der Waals surface area contributed by atoms with Gasteiger partial charge in [-0.3, -0.25) is 18.8 Å². The number of rotatable bonds is 2. The van der Waals surface area contributed by atoms with E-state index in [1.165, 1.54) is 0 Å². The molecule has 0 saturated heterocycles. The summed E-state index contributed by atoms with van der Waals surface area (Å²) in [6.07, 6.45) is 9.99. The van der Waals surface area contributed by atoms with Gasteiger partial charge in [0.25, 0.3) is 0 Å². The molecule has 12 rings (SSSR count). The lowest BCUT2D eigenvalue weighted by Crippen LogP contribution is -1.98. The molecule has 56 heavy (non-hydrogen) atoms. The maximum absolute atomic E-state index is 10.4. The number of hydrogen-bond acceptors (Lipinski definition) is 10. The highest BCUT2D eigenvalue weighted by Crippen LogP contribution is 2.50. The van der Waals surface area contributed by atoms with Crippen LogP contribution in [0.25, 0.3) is 110 Å². The lowest BCUT2D eigenvalue weighted by molar-refractivity contribution is 1.23. The Morgan fingerprint density at radius 3 is 1.20 bits per heavy atom. The summed E-state index contributed by atoms with van der Waals surface area (Å²) in [4.78, 5) is 29.3. The molecule has 12 heteroatoms. The van der Waals surface area contributed by atoms with Gasteiger partial charge in [0, 0.05) is 91.4 Å². The average molecular weight is 713 g/mol. The molecule has 9 aromatic heterocycles. The quantitative estimate of drug-likeness (QED) is 0.169. The zero-order valence-corrected chi connectivity index (χ0v) is 28.6. The fourth-order valence-electron chi connectivity index (χ4n) is 8.72. The van der Waals surface area contributed by atoms with Gasteiger partial charge < -0.3 is 0 Å². The Balaban J connectivity index is 1.46. The van der Waals surface area contributed by atoms with Crippen molar-refractivity contribution >= 4 is 87.5 Å². The zero-order chi connectivity index (χ0) is 37.4. The molecule has 0 unspecified atom stereocenters. The summed E-state index contributed by atoms with van der Waals surface area (Å²) in [5.74, 6) is 0. The minimum atomic E-state index is 0.397. The predicted octanol–water partition coefficient (Wildman–Crippen LogP) is 8.33. The largest absolute Gasteiger partial charge is 0.290 e. The van der Waals surface area contributed by atoms with Gasteiger partial charge in [0.05, 0.1) is 67.8 Å². The third-order valence-corrected chi connectivity index (χ3v) is 10.9. The summed E-state index contributed by atoms with van der Waals surface area (Å²) < 4.78 is 4.19. The van der Waals surface area contributed by atoms with Gasteiger partial charge in [0.2, 0.25) is 0 Å². The van der Waals surface area contributed by atoms with Gasteiger partial charge in [-0.25, -0.2) is 19.9 Å². The van der Waals surface area contributed by atoms with Gasteiger partial charge in [-0.2, -0.15) is 21.0 Å². The third kappa shape index (κ3) is 3.57. The molecule has 0 saturated carbocycles. The summed E-state index contributed by atoms with van der Waals surface area (Å²) in [6.45, 7) is 0. The second-order valence-corrected chi connectivity index (χ2v) is 13.7. The molecule has 0 bridgehead atoms. The Kier molecular flexibility index (Phi) is 5.51. The molecular weight excluding hydrogens is 697 g/mol. The second kappa shape index (κ2) is 10.4. The molecule has 252 valence electrons. The fraction of sp³-hybridized carbons (Fsp3) is 0. The van der Waals surface area contributed by atoms with Crippen LogP contribution in [0.5, 0.6) is 0 Å². The molecule has 12 nitrogen and oxygen atoms in total. The number of benzene rings is 3. The standard InChI is InChI=1S/C44H16N12/c45-15-21-9-27-29-13-23(17-47)19-51-43(29)55-39(27)31(11-21)33-37-38(54-36(26-3-7-50-8-4-26)35(53-37)25-1-5-49-6-2-25)34-32-12-22(16-46)10-28-30-14-24(18-48)20-52-44(30)56(40(28)32)42(34)41(33)55/h1-14,19-20H. The highest BCUT2D eigenvalue weighted by molar-refractivity contribution is 6.39. The number of nitriles is 4. The summed E-state index contributed by atoms with van der Waals surface area (Å²) in [7, 11) is 0. The van der Waals surface area contributed by atoms with Gasteiger partial charge in [0.1, 0.15) is 34.5 Å². The van der Waals surface area contributed by atoms with Crippen LogP contribution in [-0.4, -0.2) is 38.7 Å². The van der Waals surface area contributed by atoms with Crippen LogP contribution >= 0.6 is 0 Å². The molecule has 0 aliphatic carbocycles. The topological polar surface area (TPSA) is 181 Å². The Morgan fingerprint density at radius 2 is 0.804 bits per heavy atom. The smallest absolute Gasteiger partial charge is 0.145 e.